The molecule has 1 aliphatic rings. The number of amides is 1. The Labute approximate surface area is 145 Å². The summed E-state index contributed by atoms with van der Waals surface area (Å²) in [5, 5.41) is 20.9. The summed E-state index contributed by atoms with van der Waals surface area (Å²) in [7, 11) is 0. The van der Waals surface area contributed by atoms with Gasteiger partial charge in [-0.05, 0) is 37.0 Å². The van der Waals surface area contributed by atoms with Crippen molar-refractivity contribution in [3.63, 3.8) is 0 Å². The zero-order chi connectivity index (χ0) is 17.2. The fourth-order valence-corrected chi connectivity index (χ4v) is 3.04. The molecular formula is C17H20ClN3O3. The van der Waals surface area contributed by atoms with Crippen LogP contribution in [0.2, 0.25) is 5.02 Å². The average molecular weight is 350 g/mol. The number of H-pyrrole nitrogens is 1. The smallest absolute Gasteiger partial charge is 0.262 e. The molecule has 24 heavy (non-hydrogen) atoms. The van der Waals surface area contributed by atoms with Gasteiger partial charge in [0.15, 0.2) is 11.4 Å². The molecule has 128 valence electrons. The number of nitrogens with one attached hydrogen (secondary N) is 2. The number of aromatic nitrogens is 2. The van der Waals surface area contributed by atoms with Gasteiger partial charge in [0, 0.05) is 17.7 Å². The Morgan fingerprint density at radius 1 is 1.54 bits per heavy atom. The molecule has 0 bridgehead atoms. The molecule has 6 nitrogen and oxygen atoms in total. The first-order valence-corrected chi connectivity index (χ1v) is 8.37. The van der Waals surface area contributed by atoms with Gasteiger partial charge < -0.3 is 15.2 Å². The van der Waals surface area contributed by atoms with Gasteiger partial charge in [-0.1, -0.05) is 30.7 Å². The van der Waals surface area contributed by atoms with E-state index in [9.17, 15) is 9.90 Å². The van der Waals surface area contributed by atoms with Crippen molar-refractivity contribution in [1.82, 2.24) is 10.2 Å². The van der Waals surface area contributed by atoms with Gasteiger partial charge in [0.05, 0.1) is 11.8 Å². The maximum atomic E-state index is 12.6. The van der Waals surface area contributed by atoms with Crippen LogP contribution in [0.15, 0.2) is 30.3 Å². The Morgan fingerprint density at radius 3 is 3.04 bits per heavy atom. The normalized spacial score (nSPS) is 19.9. The van der Waals surface area contributed by atoms with Crippen molar-refractivity contribution in [2.45, 2.75) is 37.9 Å². The van der Waals surface area contributed by atoms with Crippen molar-refractivity contribution in [2.24, 2.45) is 0 Å². The maximum Gasteiger partial charge on any atom is 0.262 e. The molecule has 1 aromatic heterocycles. The topological polar surface area (TPSA) is 87.2 Å². The molecule has 1 amide bonds. The van der Waals surface area contributed by atoms with Crippen LogP contribution in [0.5, 0.6) is 0 Å². The Balaban J connectivity index is 1.77. The number of halogens is 1. The molecule has 1 aliphatic heterocycles. The second-order valence-corrected chi connectivity index (χ2v) is 6.32. The molecule has 7 heteroatoms. The molecule has 2 aromatic rings. The van der Waals surface area contributed by atoms with E-state index in [1.54, 1.807) is 37.3 Å². The minimum Gasteiger partial charge on any atom is -0.375 e. The van der Waals surface area contributed by atoms with Crippen molar-refractivity contribution in [1.29, 1.82) is 0 Å². The second kappa shape index (κ2) is 6.93. The van der Waals surface area contributed by atoms with Gasteiger partial charge in [-0.15, -0.1) is 0 Å². The molecule has 0 radical (unpaired) electrons. The number of benzene rings is 1. The lowest BCUT2D eigenvalue weighted by Crippen LogP contribution is -2.39. The molecule has 1 saturated heterocycles. The lowest BCUT2D eigenvalue weighted by molar-refractivity contribution is -0.135. The van der Waals surface area contributed by atoms with Crippen LogP contribution in [0, 0.1) is 0 Å². The largest absolute Gasteiger partial charge is 0.375 e. The van der Waals surface area contributed by atoms with E-state index < -0.39 is 11.5 Å². The van der Waals surface area contributed by atoms with E-state index in [1.807, 2.05) is 0 Å². The second-order valence-electron chi connectivity index (χ2n) is 5.89. The van der Waals surface area contributed by atoms with E-state index in [2.05, 4.69) is 15.5 Å². The predicted molar refractivity (Wildman–Crippen MR) is 90.8 cm³/mol. The number of rotatable bonds is 5. The van der Waals surface area contributed by atoms with Gasteiger partial charge in [0.25, 0.3) is 5.91 Å². The predicted octanol–water partition coefficient (Wildman–Crippen LogP) is 3.15. The van der Waals surface area contributed by atoms with Crippen molar-refractivity contribution in [3.8, 4) is 0 Å². The zero-order valence-electron chi connectivity index (χ0n) is 13.4. The molecule has 3 rings (SSSR count). The summed E-state index contributed by atoms with van der Waals surface area (Å²) in [6, 6.07) is 8.41. The third-order valence-electron chi connectivity index (χ3n) is 4.31. The summed E-state index contributed by atoms with van der Waals surface area (Å²) in [6.45, 7) is 2.47. The van der Waals surface area contributed by atoms with Crippen LogP contribution >= 0.6 is 11.6 Å². The molecule has 2 atom stereocenters. The fraction of sp³-hybridized carbons (Fsp3) is 0.412. The fourth-order valence-electron chi connectivity index (χ4n) is 2.85. The molecule has 2 heterocycles. The molecule has 1 fully saturated rings. The summed E-state index contributed by atoms with van der Waals surface area (Å²) in [5.74, 6) is -0.183. The van der Waals surface area contributed by atoms with Crippen molar-refractivity contribution < 1.29 is 14.6 Å². The van der Waals surface area contributed by atoms with Crippen LogP contribution < -0.4 is 5.32 Å². The lowest BCUT2D eigenvalue weighted by atomic mass is 9.90. The minimum absolute atomic E-state index is 0.0128. The first kappa shape index (κ1) is 17.0. The van der Waals surface area contributed by atoms with Crippen LogP contribution in [0.4, 0.5) is 5.82 Å². The van der Waals surface area contributed by atoms with Gasteiger partial charge in [-0.25, -0.2) is 0 Å². The number of aliphatic hydroxyl groups is 1. The van der Waals surface area contributed by atoms with Crippen LogP contribution in [-0.2, 0) is 15.1 Å². The van der Waals surface area contributed by atoms with Crippen molar-refractivity contribution in [3.05, 3.63) is 46.6 Å². The first-order valence-electron chi connectivity index (χ1n) is 7.99. The SMILES string of the molecule is CC[C@](O)(C(=O)Nc1cc([C@H]2CCCO2)[nH]n1)c1cccc(Cl)c1. The summed E-state index contributed by atoms with van der Waals surface area (Å²) in [6.07, 6.45) is 2.13. The first-order chi connectivity index (χ1) is 11.5. The highest BCUT2D eigenvalue weighted by molar-refractivity contribution is 6.30. The van der Waals surface area contributed by atoms with Crippen LogP contribution in [0.1, 0.15) is 43.5 Å². The van der Waals surface area contributed by atoms with E-state index in [-0.39, 0.29) is 12.5 Å². The average Bonchev–Trinajstić information content (AvgIpc) is 3.25. The number of hydrogen-bond acceptors (Lipinski definition) is 4. The Kier molecular flexibility index (Phi) is 4.89. The van der Waals surface area contributed by atoms with E-state index in [0.29, 0.717) is 16.4 Å². The van der Waals surface area contributed by atoms with Gasteiger partial charge >= 0.3 is 0 Å². The molecule has 0 aliphatic carbocycles. The van der Waals surface area contributed by atoms with Gasteiger partial charge in [-0.3, -0.25) is 9.89 Å². The highest BCUT2D eigenvalue weighted by Gasteiger charge is 2.36. The Bertz CT molecular complexity index is 727. The van der Waals surface area contributed by atoms with Crippen LogP contribution in [-0.4, -0.2) is 27.8 Å². The molecule has 3 N–H and O–H groups in total. The van der Waals surface area contributed by atoms with Crippen molar-refractivity contribution >= 4 is 23.3 Å². The van der Waals surface area contributed by atoms with Crippen LogP contribution in [0.3, 0.4) is 0 Å². The quantitative estimate of drug-likeness (QED) is 0.773. The number of carbonyl (C=O) groups excluding carboxylic acids is 1. The number of nitrogens with zero attached hydrogens (tertiary/aromatic N) is 1. The number of aromatic amines is 1. The van der Waals surface area contributed by atoms with Gasteiger partial charge in [-0.2, -0.15) is 5.10 Å². The Morgan fingerprint density at radius 2 is 2.38 bits per heavy atom. The third-order valence-corrected chi connectivity index (χ3v) is 4.54. The minimum atomic E-state index is -1.67. The van der Waals surface area contributed by atoms with E-state index in [0.717, 1.165) is 25.1 Å². The Hall–Kier alpha value is -1.89. The molecule has 0 spiro atoms. The van der Waals surface area contributed by atoms with E-state index in [1.165, 1.54) is 0 Å². The highest BCUT2D eigenvalue weighted by atomic mass is 35.5. The number of hydrogen-bond donors (Lipinski definition) is 3. The van der Waals surface area contributed by atoms with E-state index >= 15 is 0 Å². The monoisotopic (exact) mass is 349 g/mol. The van der Waals surface area contributed by atoms with Gasteiger partial charge in [0.1, 0.15) is 0 Å². The lowest BCUT2D eigenvalue weighted by Gasteiger charge is -2.25. The van der Waals surface area contributed by atoms with E-state index in [4.69, 9.17) is 16.3 Å². The number of carbonyl (C=O) groups is 1. The summed E-state index contributed by atoms with van der Waals surface area (Å²) in [5.41, 5.74) is -0.399. The molecule has 0 unspecified atom stereocenters. The van der Waals surface area contributed by atoms with Crippen LogP contribution in [0.25, 0.3) is 0 Å². The highest BCUT2D eigenvalue weighted by Crippen LogP contribution is 2.30. The summed E-state index contributed by atoms with van der Waals surface area (Å²) >= 11 is 5.97. The maximum absolute atomic E-state index is 12.6. The summed E-state index contributed by atoms with van der Waals surface area (Å²) < 4.78 is 5.58. The van der Waals surface area contributed by atoms with Crippen molar-refractivity contribution in [2.75, 3.05) is 11.9 Å². The number of ether oxygens (including phenoxy) is 1. The zero-order valence-corrected chi connectivity index (χ0v) is 14.1. The number of anilines is 1. The third kappa shape index (κ3) is 3.31. The molecular weight excluding hydrogens is 330 g/mol. The summed E-state index contributed by atoms with van der Waals surface area (Å²) in [4.78, 5) is 12.6. The molecule has 0 saturated carbocycles. The van der Waals surface area contributed by atoms with Gasteiger partial charge in [0.2, 0.25) is 0 Å². The molecule has 1 aromatic carbocycles. The standard InChI is InChI=1S/C17H20ClN3O3/c1-2-17(23,11-5-3-6-12(18)9-11)16(22)19-15-10-13(20-21-15)14-7-4-8-24-14/h3,5-6,9-10,14,23H,2,4,7-8H2,1H3,(H2,19,20,21,22)/t14-,17-/m1/s1.